The molecule has 1 aromatic rings. The Balaban J connectivity index is 2.92. The van der Waals surface area contributed by atoms with Gasteiger partial charge in [-0.1, -0.05) is 6.07 Å². The molecule has 0 heterocycles. The number of carbonyl (C=O) groups is 1. The van der Waals surface area contributed by atoms with Crippen LogP contribution in [0.25, 0.3) is 6.08 Å². The summed E-state index contributed by atoms with van der Waals surface area (Å²) in [5, 5.41) is 17.5. The number of hydrogen-bond acceptors (Lipinski definition) is 2. The van der Waals surface area contributed by atoms with Crippen molar-refractivity contribution >= 4 is 12.0 Å². The summed E-state index contributed by atoms with van der Waals surface area (Å²) < 4.78 is 0. The zero-order chi connectivity index (χ0) is 9.84. The van der Waals surface area contributed by atoms with Gasteiger partial charge < -0.3 is 10.2 Å². The number of carboxylic acid groups (broad SMARTS) is 1. The third-order valence-electron chi connectivity index (χ3n) is 1.64. The summed E-state index contributed by atoms with van der Waals surface area (Å²) in [6, 6.07) is 4.91. The molecule has 2 N–H and O–H groups in total. The van der Waals surface area contributed by atoms with Gasteiger partial charge in [0.25, 0.3) is 0 Å². The molecule has 0 aliphatic carbocycles. The van der Waals surface area contributed by atoms with Crippen LogP contribution in [0.1, 0.15) is 11.1 Å². The van der Waals surface area contributed by atoms with E-state index in [2.05, 4.69) is 0 Å². The fraction of sp³-hybridized carbons (Fsp3) is 0.100. The summed E-state index contributed by atoms with van der Waals surface area (Å²) >= 11 is 0. The molecule has 0 fully saturated rings. The average Bonchev–Trinajstić information content (AvgIpc) is 2.07. The Bertz CT molecular complexity index is 353. The molecule has 3 heteroatoms. The van der Waals surface area contributed by atoms with Crippen molar-refractivity contribution in [2.45, 2.75) is 6.92 Å². The maximum Gasteiger partial charge on any atom is 0.328 e. The van der Waals surface area contributed by atoms with Crippen molar-refractivity contribution in [3.63, 3.8) is 0 Å². The van der Waals surface area contributed by atoms with Crippen LogP contribution >= 0.6 is 0 Å². The van der Waals surface area contributed by atoms with Gasteiger partial charge in [0.2, 0.25) is 0 Å². The first-order valence-corrected chi connectivity index (χ1v) is 3.80. The topological polar surface area (TPSA) is 57.5 Å². The lowest BCUT2D eigenvalue weighted by molar-refractivity contribution is -0.131. The lowest BCUT2D eigenvalue weighted by Crippen LogP contribution is -1.85. The van der Waals surface area contributed by atoms with Crippen LogP contribution in [-0.2, 0) is 4.79 Å². The summed E-state index contributed by atoms with van der Waals surface area (Å²) in [7, 11) is 0. The molecule has 0 radical (unpaired) electrons. The fourth-order valence-corrected chi connectivity index (χ4v) is 0.950. The van der Waals surface area contributed by atoms with E-state index in [1.165, 1.54) is 12.1 Å². The zero-order valence-corrected chi connectivity index (χ0v) is 7.19. The van der Waals surface area contributed by atoms with E-state index in [0.717, 1.165) is 17.2 Å². The lowest BCUT2D eigenvalue weighted by atomic mass is 10.1. The number of phenolic OH excluding ortho intramolecular Hbond substituents is 1. The van der Waals surface area contributed by atoms with Crippen LogP contribution in [0.2, 0.25) is 0 Å². The van der Waals surface area contributed by atoms with Gasteiger partial charge in [0.1, 0.15) is 5.75 Å². The number of carboxylic acids is 1. The summed E-state index contributed by atoms with van der Waals surface area (Å²) in [6.45, 7) is 1.76. The van der Waals surface area contributed by atoms with Gasteiger partial charge in [0, 0.05) is 6.08 Å². The van der Waals surface area contributed by atoms with Crippen molar-refractivity contribution in [3.8, 4) is 5.75 Å². The number of phenols is 1. The summed E-state index contributed by atoms with van der Waals surface area (Å²) in [5.74, 6) is -0.766. The molecule has 1 rings (SSSR count). The van der Waals surface area contributed by atoms with Gasteiger partial charge in [-0.25, -0.2) is 4.79 Å². The molecule has 0 aliphatic heterocycles. The minimum atomic E-state index is -0.981. The maximum absolute atomic E-state index is 10.2. The van der Waals surface area contributed by atoms with Crippen LogP contribution < -0.4 is 0 Å². The predicted octanol–water partition coefficient (Wildman–Crippen LogP) is 1.80. The summed E-state index contributed by atoms with van der Waals surface area (Å²) in [6.07, 6.45) is 2.54. The molecule has 0 spiro atoms. The number of benzene rings is 1. The number of aromatic hydroxyl groups is 1. The molecule has 0 amide bonds. The van der Waals surface area contributed by atoms with Gasteiger partial charge in [-0.05, 0) is 36.3 Å². The number of rotatable bonds is 2. The quantitative estimate of drug-likeness (QED) is 0.679. The van der Waals surface area contributed by atoms with E-state index in [1.807, 2.05) is 0 Å². The molecule has 0 saturated heterocycles. The molecule has 0 aliphatic rings. The molecule has 0 atom stereocenters. The van der Waals surface area contributed by atoms with Crippen molar-refractivity contribution in [2.75, 3.05) is 0 Å². The van der Waals surface area contributed by atoms with Crippen molar-refractivity contribution in [2.24, 2.45) is 0 Å². The van der Waals surface area contributed by atoms with Crippen LogP contribution in [0.3, 0.4) is 0 Å². The minimum absolute atomic E-state index is 0.215. The minimum Gasteiger partial charge on any atom is -0.508 e. The van der Waals surface area contributed by atoms with Gasteiger partial charge in [-0.3, -0.25) is 0 Å². The maximum atomic E-state index is 10.2. The van der Waals surface area contributed by atoms with E-state index in [1.54, 1.807) is 19.1 Å². The number of hydrogen-bond donors (Lipinski definition) is 2. The highest BCUT2D eigenvalue weighted by molar-refractivity contribution is 5.85. The summed E-state index contributed by atoms with van der Waals surface area (Å²) in [5.41, 5.74) is 1.49. The van der Waals surface area contributed by atoms with Gasteiger partial charge >= 0.3 is 5.97 Å². The van der Waals surface area contributed by atoms with E-state index in [4.69, 9.17) is 5.11 Å². The Labute approximate surface area is 76.0 Å². The Morgan fingerprint density at radius 2 is 2.15 bits per heavy atom. The zero-order valence-electron chi connectivity index (χ0n) is 7.19. The first-order chi connectivity index (χ1) is 6.09. The first-order valence-electron chi connectivity index (χ1n) is 3.80. The average molecular weight is 178 g/mol. The van der Waals surface area contributed by atoms with Crippen LogP contribution in [0.15, 0.2) is 24.3 Å². The third kappa shape index (κ3) is 2.63. The Morgan fingerprint density at radius 1 is 1.46 bits per heavy atom. The van der Waals surface area contributed by atoms with Gasteiger partial charge in [0.05, 0.1) is 0 Å². The van der Waals surface area contributed by atoms with Gasteiger partial charge in [-0.2, -0.15) is 0 Å². The van der Waals surface area contributed by atoms with Gasteiger partial charge in [-0.15, -0.1) is 0 Å². The predicted molar refractivity (Wildman–Crippen MR) is 49.5 cm³/mol. The Hall–Kier alpha value is -1.77. The SMILES string of the molecule is Cc1cc(C=CC(=O)O)ccc1O. The monoisotopic (exact) mass is 178 g/mol. The molecule has 13 heavy (non-hydrogen) atoms. The van der Waals surface area contributed by atoms with Gasteiger partial charge in [0.15, 0.2) is 0 Å². The standard InChI is InChI=1S/C10H10O3/c1-7-6-8(2-4-9(7)11)3-5-10(12)13/h2-6,11H,1H3,(H,12,13). The molecule has 0 bridgehead atoms. The molecule has 1 aromatic carbocycles. The van der Waals surface area contributed by atoms with E-state index in [0.29, 0.717) is 0 Å². The van der Waals surface area contributed by atoms with Crippen molar-refractivity contribution in [1.82, 2.24) is 0 Å². The van der Waals surface area contributed by atoms with E-state index in [9.17, 15) is 9.90 Å². The number of aryl methyl sites for hydroxylation is 1. The highest BCUT2D eigenvalue weighted by Crippen LogP contribution is 2.17. The molecule has 0 unspecified atom stereocenters. The van der Waals surface area contributed by atoms with Crippen molar-refractivity contribution in [3.05, 3.63) is 35.4 Å². The molecule has 3 nitrogen and oxygen atoms in total. The van der Waals surface area contributed by atoms with Crippen molar-refractivity contribution < 1.29 is 15.0 Å². The van der Waals surface area contributed by atoms with Crippen LogP contribution in [0.4, 0.5) is 0 Å². The molecular weight excluding hydrogens is 168 g/mol. The van der Waals surface area contributed by atoms with Crippen molar-refractivity contribution in [1.29, 1.82) is 0 Å². The first kappa shape index (κ1) is 9.32. The lowest BCUT2D eigenvalue weighted by Gasteiger charge is -1.98. The Kier molecular flexibility index (Phi) is 2.69. The second kappa shape index (κ2) is 3.76. The third-order valence-corrected chi connectivity index (χ3v) is 1.64. The Morgan fingerprint density at radius 3 is 2.69 bits per heavy atom. The van der Waals surface area contributed by atoms with E-state index >= 15 is 0 Å². The smallest absolute Gasteiger partial charge is 0.328 e. The van der Waals surface area contributed by atoms with Crippen LogP contribution in [-0.4, -0.2) is 16.2 Å². The largest absolute Gasteiger partial charge is 0.508 e. The molecule has 0 aromatic heterocycles. The van der Waals surface area contributed by atoms with E-state index < -0.39 is 5.97 Å². The highest BCUT2D eigenvalue weighted by atomic mass is 16.4. The normalized spacial score (nSPS) is 10.5. The number of aliphatic carboxylic acids is 1. The summed E-state index contributed by atoms with van der Waals surface area (Å²) in [4.78, 5) is 10.2. The second-order valence-corrected chi connectivity index (χ2v) is 2.72. The second-order valence-electron chi connectivity index (χ2n) is 2.72. The fourth-order valence-electron chi connectivity index (χ4n) is 0.950. The molecule has 0 saturated carbocycles. The van der Waals surface area contributed by atoms with E-state index in [-0.39, 0.29) is 5.75 Å². The van der Waals surface area contributed by atoms with Crippen LogP contribution in [0, 0.1) is 6.92 Å². The molecule has 68 valence electrons. The highest BCUT2D eigenvalue weighted by Gasteiger charge is 1.95. The molecular formula is C10H10O3. The van der Waals surface area contributed by atoms with Crippen LogP contribution in [0.5, 0.6) is 5.75 Å².